The number of carbonyl (C=O) groups excluding carboxylic acids is 1. The number of carbonyl (C=O) groups is 1. The topological polar surface area (TPSA) is 47.4 Å². The van der Waals surface area contributed by atoms with Crippen LogP contribution in [-0.4, -0.2) is 40.8 Å². The van der Waals surface area contributed by atoms with Gasteiger partial charge in [-0.15, -0.1) is 0 Å². The summed E-state index contributed by atoms with van der Waals surface area (Å²) in [6.45, 7) is 2.49. The molecule has 3 aliphatic rings. The minimum atomic E-state index is -0.235. The molecule has 0 unspecified atom stereocenters. The number of amides is 1. The van der Waals surface area contributed by atoms with Gasteiger partial charge in [0.25, 0.3) is 0 Å². The first-order valence-electron chi connectivity index (χ1n) is 11.8. The highest BCUT2D eigenvalue weighted by Crippen LogP contribution is 2.48. The zero-order valence-corrected chi connectivity index (χ0v) is 18.8. The first-order chi connectivity index (χ1) is 16.1. The van der Waals surface area contributed by atoms with Gasteiger partial charge in [-0.25, -0.2) is 4.39 Å². The van der Waals surface area contributed by atoms with Crippen LogP contribution < -0.4 is 4.74 Å². The Balaban J connectivity index is 1.26. The molecule has 0 radical (unpaired) electrons. The summed E-state index contributed by atoms with van der Waals surface area (Å²) >= 11 is 0. The number of fused-ring (bicyclic) bond motifs is 3. The Bertz CT molecular complexity index is 1200. The number of likely N-dealkylation sites (tertiary alicyclic amines) is 1. The Morgan fingerprint density at radius 1 is 1.15 bits per heavy atom. The van der Waals surface area contributed by atoms with Crippen LogP contribution in [0.25, 0.3) is 11.3 Å². The molecule has 1 aromatic heterocycles. The van der Waals surface area contributed by atoms with Crippen LogP contribution in [-0.2, 0) is 24.2 Å². The first kappa shape index (κ1) is 20.5. The number of ether oxygens (including phenoxy) is 1. The minimum Gasteiger partial charge on any atom is -0.497 e. The predicted octanol–water partition coefficient (Wildman–Crippen LogP) is 4.45. The van der Waals surface area contributed by atoms with E-state index < -0.39 is 0 Å². The van der Waals surface area contributed by atoms with Gasteiger partial charge in [-0.3, -0.25) is 9.48 Å². The smallest absolute Gasteiger partial charge is 0.227 e. The van der Waals surface area contributed by atoms with Crippen LogP contribution in [0.1, 0.15) is 35.6 Å². The standard InChI is InChI=1S/C27H28FN3O2/c1-33-22-4-2-3-18(11-22)12-25(32)30-15-20-13-24-26(23(20)16-30)27(19-7-9-21(28)10-8-19)29-31(24)14-17-5-6-17/h2-4,7-11,17,20,23H,5-6,12-16H2,1H3/t20-,23+/m1/s1. The fraction of sp³-hybridized carbons (Fsp3) is 0.407. The quantitative estimate of drug-likeness (QED) is 0.563. The van der Waals surface area contributed by atoms with E-state index in [2.05, 4.69) is 4.68 Å². The number of rotatable bonds is 6. The maximum absolute atomic E-state index is 13.6. The second-order valence-electron chi connectivity index (χ2n) is 9.74. The van der Waals surface area contributed by atoms with Gasteiger partial charge in [0, 0.05) is 42.4 Å². The molecule has 2 heterocycles. The molecule has 2 fully saturated rings. The number of hydrogen-bond donors (Lipinski definition) is 0. The Morgan fingerprint density at radius 3 is 2.73 bits per heavy atom. The molecule has 2 aliphatic carbocycles. The Kier molecular flexibility index (Phi) is 4.97. The summed E-state index contributed by atoms with van der Waals surface area (Å²) in [6.07, 6.45) is 3.90. The monoisotopic (exact) mass is 445 g/mol. The van der Waals surface area contributed by atoms with Crippen LogP contribution in [0.3, 0.4) is 0 Å². The van der Waals surface area contributed by atoms with Crippen molar-refractivity contribution >= 4 is 5.91 Å². The van der Waals surface area contributed by atoms with Crippen molar-refractivity contribution in [2.24, 2.45) is 11.8 Å². The van der Waals surface area contributed by atoms with Crippen LogP contribution in [0.15, 0.2) is 48.5 Å². The van der Waals surface area contributed by atoms with E-state index in [9.17, 15) is 9.18 Å². The van der Waals surface area contributed by atoms with E-state index in [1.165, 1.54) is 36.2 Å². The molecule has 2 atom stereocenters. The highest BCUT2D eigenvalue weighted by Gasteiger charge is 2.45. The number of benzene rings is 2. The van der Waals surface area contributed by atoms with Crippen LogP contribution in [0.4, 0.5) is 4.39 Å². The molecule has 0 N–H and O–H groups in total. The fourth-order valence-corrected chi connectivity index (χ4v) is 5.56. The normalized spacial score (nSPS) is 21.2. The van der Waals surface area contributed by atoms with Gasteiger partial charge in [-0.05, 0) is 73.1 Å². The largest absolute Gasteiger partial charge is 0.497 e. The minimum absolute atomic E-state index is 0.160. The highest BCUT2D eigenvalue weighted by molar-refractivity contribution is 5.80. The molecule has 1 aliphatic heterocycles. The summed E-state index contributed by atoms with van der Waals surface area (Å²) in [5, 5.41) is 5.01. The van der Waals surface area contributed by atoms with E-state index in [-0.39, 0.29) is 11.7 Å². The van der Waals surface area contributed by atoms with Gasteiger partial charge in [-0.2, -0.15) is 5.10 Å². The van der Waals surface area contributed by atoms with Crippen molar-refractivity contribution in [1.29, 1.82) is 0 Å². The third-order valence-corrected chi connectivity index (χ3v) is 7.45. The van der Waals surface area contributed by atoms with Gasteiger partial charge in [0.05, 0.1) is 19.2 Å². The summed E-state index contributed by atoms with van der Waals surface area (Å²) in [5.41, 5.74) is 5.52. The second kappa shape index (κ2) is 8.01. The fourth-order valence-electron chi connectivity index (χ4n) is 5.56. The van der Waals surface area contributed by atoms with E-state index in [0.717, 1.165) is 54.5 Å². The summed E-state index contributed by atoms with van der Waals surface area (Å²) < 4.78 is 21.1. The summed E-state index contributed by atoms with van der Waals surface area (Å²) in [4.78, 5) is 15.1. The lowest BCUT2D eigenvalue weighted by molar-refractivity contribution is -0.129. The lowest BCUT2D eigenvalue weighted by Crippen LogP contribution is -2.31. The molecule has 3 aromatic rings. The van der Waals surface area contributed by atoms with Gasteiger partial charge in [0.15, 0.2) is 0 Å². The summed E-state index contributed by atoms with van der Waals surface area (Å²) in [6, 6.07) is 14.4. The maximum atomic E-state index is 13.6. The SMILES string of the molecule is COc1cccc(CC(=O)N2C[C@H]3Cc4c(c(-c5ccc(F)cc5)nn4CC4CC4)[C@H]3C2)c1. The molecule has 0 bridgehead atoms. The van der Waals surface area contributed by atoms with E-state index in [1.54, 1.807) is 7.11 Å². The van der Waals surface area contributed by atoms with Gasteiger partial charge in [0.1, 0.15) is 11.6 Å². The highest BCUT2D eigenvalue weighted by atomic mass is 19.1. The summed E-state index contributed by atoms with van der Waals surface area (Å²) in [7, 11) is 1.64. The molecule has 2 aromatic carbocycles. The number of hydrogen-bond acceptors (Lipinski definition) is 3. The number of methoxy groups -OCH3 is 1. The predicted molar refractivity (Wildman–Crippen MR) is 124 cm³/mol. The molecule has 1 amide bonds. The van der Waals surface area contributed by atoms with Crippen molar-refractivity contribution in [1.82, 2.24) is 14.7 Å². The summed E-state index contributed by atoms with van der Waals surface area (Å²) in [5.74, 6) is 2.15. The molecule has 6 heteroatoms. The van der Waals surface area contributed by atoms with Gasteiger partial charge in [-0.1, -0.05) is 12.1 Å². The zero-order valence-electron chi connectivity index (χ0n) is 18.8. The van der Waals surface area contributed by atoms with Gasteiger partial charge in [0.2, 0.25) is 5.91 Å². The Morgan fingerprint density at radius 2 is 1.97 bits per heavy atom. The van der Waals surface area contributed by atoms with E-state index >= 15 is 0 Å². The van der Waals surface area contributed by atoms with Crippen molar-refractivity contribution in [3.63, 3.8) is 0 Å². The second-order valence-corrected chi connectivity index (χ2v) is 9.74. The van der Waals surface area contributed by atoms with E-state index in [0.29, 0.717) is 18.3 Å². The van der Waals surface area contributed by atoms with Crippen LogP contribution >= 0.6 is 0 Å². The van der Waals surface area contributed by atoms with Crippen molar-refractivity contribution in [2.75, 3.05) is 20.2 Å². The zero-order chi connectivity index (χ0) is 22.5. The third-order valence-electron chi connectivity index (χ3n) is 7.45. The van der Waals surface area contributed by atoms with Crippen LogP contribution in [0.5, 0.6) is 5.75 Å². The first-order valence-corrected chi connectivity index (χ1v) is 11.8. The number of halogens is 1. The van der Waals surface area contributed by atoms with Crippen molar-refractivity contribution in [2.45, 2.75) is 38.1 Å². The van der Waals surface area contributed by atoms with E-state index in [1.807, 2.05) is 41.3 Å². The van der Waals surface area contributed by atoms with E-state index in [4.69, 9.17) is 9.84 Å². The molecule has 1 saturated carbocycles. The average molecular weight is 446 g/mol. The van der Waals surface area contributed by atoms with Crippen LogP contribution in [0.2, 0.25) is 0 Å². The maximum Gasteiger partial charge on any atom is 0.227 e. The molecular formula is C27H28FN3O2. The van der Waals surface area contributed by atoms with Gasteiger partial charge >= 0.3 is 0 Å². The molecule has 6 rings (SSSR count). The molecule has 0 spiro atoms. The number of aromatic nitrogens is 2. The van der Waals surface area contributed by atoms with Crippen molar-refractivity contribution < 1.29 is 13.9 Å². The average Bonchev–Trinajstić information content (AvgIpc) is 3.28. The van der Waals surface area contributed by atoms with Crippen molar-refractivity contribution in [3.05, 3.63) is 71.2 Å². The molecule has 33 heavy (non-hydrogen) atoms. The van der Waals surface area contributed by atoms with Crippen molar-refractivity contribution in [3.8, 4) is 17.0 Å². The lowest BCUT2D eigenvalue weighted by Gasteiger charge is -2.18. The Labute approximate surface area is 193 Å². The number of nitrogens with zero attached hydrogens (tertiary/aromatic N) is 3. The molecular weight excluding hydrogens is 417 g/mol. The van der Waals surface area contributed by atoms with Gasteiger partial charge < -0.3 is 9.64 Å². The molecule has 170 valence electrons. The molecule has 1 saturated heterocycles. The third kappa shape index (κ3) is 3.81. The molecule has 5 nitrogen and oxygen atoms in total. The lowest BCUT2D eigenvalue weighted by atomic mass is 9.94. The van der Waals surface area contributed by atoms with Crippen LogP contribution in [0, 0.1) is 17.7 Å². The Hall–Kier alpha value is -3.15.